The summed E-state index contributed by atoms with van der Waals surface area (Å²) in [6, 6.07) is 6.02. The first-order valence-corrected chi connectivity index (χ1v) is 5.94. The van der Waals surface area contributed by atoms with Crippen molar-refractivity contribution in [2.24, 2.45) is 5.92 Å². The topological polar surface area (TPSA) is 28.2 Å². The first-order valence-electron chi connectivity index (χ1n) is 5.94. The number of nitrogens with one attached hydrogen (secondary N) is 1. The lowest BCUT2D eigenvalue weighted by molar-refractivity contribution is 0.548. The molecule has 1 rings (SSSR count). The fourth-order valence-corrected chi connectivity index (χ4v) is 1.48. The van der Waals surface area contributed by atoms with E-state index in [1.54, 1.807) is 0 Å². The quantitative estimate of drug-likeness (QED) is 0.758. The molecule has 0 aliphatic heterocycles. The lowest BCUT2D eigenvalue weighted by Crippen LogP contribution is -2.21. The maximum absolute atomic E-state index is 5.29. The molecule has 0 unspecified atom stereocenters. The van der Waals surface area contributed by atoms with Crippen molar-refractivity contribution in [1.82, 2.24) is 10.3 Å². The molecule has 1 N–H and O–H groups in total. The van der Waals surface area contributed by atoms with Gasteiger partial charge in [0, 0.05) is 13.6 Å². The minimum Gasteiger partial charge on any atom is -0.349 e. The summed E-state index contributed by atoms with van der Waals surface area (Å²) in [6.07, 6.45) is 5.29. The molecule has 0 fully saturated rings. The second kappa shape index (κ2) is 6.93. The molecule has 0 aromatic carbocycles. The van der Waals surface area contributed by atoms with Crippen LogP contribution in [0.3, 0.4) is 0 Å². The van der Waals surface area contributed by atoms with Gasteiger partial charge in [-0.2, -0.15) is 0 Å². The molecule has 0 atom stereocenters. The number of anilines is 1. The van der Waals surface area contributed by atoms with Crippen molar-refractivity contribution in [3.63, 3.8) is 0 Å². The molecule has 0 bridgehead atoms. The molecule has 1 heterocycles. The second-order valence-corrected chi connectivity index (χ2v) is 4.57. The van der Waals surface area contributed by atoms with E-state index < -0.39 is 0 Å². The smallest absolute Gasteiger partial charge is 0.129 e. The summed E-state index contributed by atoms with van der Waals surface area (Å²) >= 11 is 0. The van der Waals surface area contributed by atoms with Crippen molar-refractivity contribution >= 4 is 5.82 Å². The fraction of sp³-hybridized carbons (Fsp3) is 0.500. The fourth-order valence-electron chi connectivity index (χ4n) is 1.48. The first kappa shape index (κ1) is 13.5. The van der Waals surface area contributed by atoms with Crippen LogP contribution in [0.5, 0.6) is 0 Å². The van der Waals surface area contributed by atoms with Crippen molar-refractivity contribution in [3.05, 3.63) is 23.9 Å². The van der Waals surface area contributed by atoms with Gasteiger partial charge in [0.1, 0.15) is 5.82 Å². The van der Waals surface area contributed by atoms with Crippen LogP contribution in [-0.2, 0) is 6.54 Å². The summed E-state index contributed by atoms with van der Waals surface area (Å²) in [6.45, 7) is 6.77. The summed E-state index contributed by atoms with van der Waals surface area (Å²) in [5.74, 6) is 4.19. The van der Waals surface area contributed by atoms with Crippen LogP contribution >= 0.6 is 0 Å². The monoisotopic (exact) mass is 231 g/mol. The first-order chi connectivity index (χ1) is 8.13. The van der Waals surface area contributed by atoms with Crippen molar-refractivity contribution in [2.45, 2.75) is 20.4 Å². The average Bonchev–Trinajstić information content (AvgIpc) is 2.29. The highest BCUT2D eigenvalue weighted by molar-refractivity contribution is 5.39. The van der Waals surface area contributed by atoms with E-state index >= 15 is 0 Å². The van der Waals surface area contributed by atoms with Crippen LogP contribution in [0, 0.1) is 18.3 Å². The zero-order valence-corrected chi connectivity index (χ0v) is 10.9. The minimum absolute atomic E-state index is 0.579. The molecule has 0 saturated carbocycles. The largest absolute Gasteiger partial charge is 0.349 e. The van der Waals surface area contributed by atoms with E-state index in [9.17, 15) is 0 Å². The number of terminal acetylenes is 1. The van der Waals surface area contributed by atoms with Gasteiger partial charge >= 0.3 is 0 Å². The van der Waals surface area contributed by atoms with Gasteiger partial charge < -0.3 is 10.2 Å². The third-order valence-electron chi connectivity index (χ3n) is 2.37. The molecule has 92 valence electrons. The van der Waals surface area contributed by atoms with E-state index in [-0.39, 0.29) is 0 Å². The van der Waals surface area contributed by atoms with E-state index in [4.69, 9.17) is 6.42 Å². The predicted molar refractivity (Wildman–Crippen MR) is 72.9 cm³/mol. The van der Waals surface area contributed by atoms with Crippen molar-refractivity contribution in [1.29, 1.82) is 0 Å². The van der Waals surface area contributed by atoms with E-state index in [0.29, 0.717) is 12.5 Å². The van der Waals surface area contributed by atoms with E-state index in [0.717, 1.165) is 24.6 Å². The highest BCUT2D eigenvalue weighted by Crippen LogP contribution is 2.09. The van der Waals surface area contributed by atoms with Gasteiger partial charge in [-0.1, -0.05) is 25.8 Å². The van der Waals surface area contributed by atoms with Crippen molar-refractivity contribution in [2.75, 3.05) is 25.0 Å². The summed E-state index contributed by atoms with van der Waals surface area (Å²) in [5, 5.41) is 3.38. The van der Waals surface area contributed by atoms with Crippen LogP contribution in [0.2, 0.25) is 0 Å². The van der Waals surface area contributed by atoms with Crippen molar-refractivity contribution < 1.29 is 0 Å². The summed E-state index contributed by atoms with van der Waals surface area (Å²) in [4.78, 5) is 6.52. The Morgan fingerprint density at radius 3 is 2.88 bits per heavy atom. The number of hydrogen-bond acceptors (Lipinski definition) is 3. The Kier molecular flexibility index (Phi) is 5.51. The molecule has 0 radical (unpaired) electrons. The summed E-state index contributed by atoms with van der Waals surface area (Å²) in [5.41, 5.74) is 1.05. The molecule has 3 heteroatoms. The summed E-state index contributed by atoms with van der Waals surface area (Å²) in [7, 11) is 1.95. The van der Waals surface area contributed by atoms with Crippen LogP contribution in [0.15, 0.2) is 18.2 Å². The molecular weight excluding hydrogens is 210 g/mol. The Morgan fingerprint density at radius 1 is 1.47 bits per heavy atom. The van der Waals surface area contributed by atoms with Crippen LogP contribution < -0.4 is 10.2 Å². The molecule has 0 spiro atoms. The van der Waals surface area contributed by atoms with Crippen LogP contribution in [0.4, 0.5) is 5.82 Å². The lowest BCUT2D eigenvalue weighted by atomic mass is 10.2. The standard InChI is InChI=1S/C14H21N3/c1-5-9-17(4)14-8-6-7-13(16-14)11-15-10-12(2)3/h1,6-8,12,15H,9-11H2,2-4H3. The highest BCUT2D eigenvalue weighted by atomic mass is 15.2. The normalized spacial score (nSPS) is 10.3. The van der Waals surface area contributed by atoms with Gasteiger partial charge in [-0.3, -0.25) is 0 Å². The molecule has 0 aliphatic rings. The van der Waals surface area contributed by atoms with E-state index in [2.05, 4.69) is 30.1 Å². The lowest BCUT2D eigenvalue weighted by Gasteiger charge is -2.15. The number of aromatic nitrogens is 1. The van der Waals surface area contributed by atoms with Crippen molar-refractivity contribution in [3.8, 4) is 12.3 Å². The van der Waals surface area contributed by atoms with Gasteiger partial charge in [-0.15, -0.1) is 6.42 Å². The molecule has 17 heavy (non-hydrogen) atoms. The van der Waals surface area contributed by atoms with Gasteiger partial charge in [0.15, 0.2) is 0 Å². The second-order valence-electron chi connectivity index (χ2n) is 4.57. The van der Waals surface area contributed by atoms with Crippen LogP contribution in [0.25, 0.3) is 0 Å². The molecular formula is C14H21N3. The van der Waals surface area contributed by atoms with Gasteiger partial charge in [-0.05, 0) is 24.6 Å². The van der Waals surface area contributed by atoms with Gasteiger partial charge in [0.05, 0.1) is 12.2 Å². The number of rotatable bonds is 6. The third-order valence-corrected chi connectivity index (χ3v) is 2.37. The van der Waals surface area contributed by atoms with E-state index in [1.165, 1.54) is 0 Å². The van der Waals surface area contributed by atoms with Gasteiger partial charge in [-0.25, -0.2) is 4.98 Å². The van der Waals surface area contributed by atoms with E-state index in [1.807, 2.05) is 30.1 Å². The van der Waals surface area contributed by atoms with Crippen LogP contribution in [-0.4, -0.2) is 25.1 Å². The molecule has 3 nitrogen and oxygen atoms in total. The van der Waals surface area contributed by atoms with Gasteiger partial charge in [0.2, 0.25) is 0 Å². The average molecular weight is 231 g/mol. The Bertz CT molecular complexity index is 379. The molecule has 1 aromatic rings. The van der Waals surface area contributed by atoms with Crippen LogP contribution in [0.1, 0.15) is 19.5 Å². The minimum atomic E-state index is 0.579. The molecule has 0 amide bonds. The Hall–Kier alpha value is -1.53. The predicted octanol–water partition coefficient (Wildman–Crippen LogP) is 1.90. The zero-order valence-electron chi connectivity index (χ0n) is 10.9. The number of nitrogens with zero attached hydrogens (tertiary/aromatic N) is 2. The Balaban J connectivity index is 2.57. The zero-order chi connectivity index (χ0) is 12.7. The Morgan fingerprint density at radius 2 is 2.24 bits per heavy atom. The molecule has 0 aliphatic carbocycles. The SMILES string of the molecule is C#CCN(C)c1cccc(CNCC(C)C)n1. The maximum Gasteiger partial charge on any atom is 0.129 e. The maximum atomic E-state index is 5.29. The number of pyridine rings is 1. The highest BCUT2D eigenvalue weighted by Gasteiger charge is 2.02. The molecule has 0 saturated heterocycles. The summed E-state index contributed by atoms with van der Waals surface area (Å²) < 4.78 is 0. The third kappa shape index (κ3) is 4.88. The Labute approximate surface area is 104 Å². The molecule has 1 aromatic heterocycles. The van der Waals surface area contributed by atoms with Gasteiger partial charge in [0.25, 0.3) is 0 Å². The number of hydrogen-bond donors (Lipinski definition) is 1.